The Morgan fingerprint density at radius 1 is 1.17 bits per heavy atom. The molecule has 1 aliphatic rings. The number of hydrogen-bond donors (Lipinski definition) is 1. The van der Waals surface area contributed by atoms with E-state index in [0.717, 1.165) is 18.4 Å². The monoisotopic (exact) mass is 425 g/mol. The first-order valence-electron chi connectivity index (χ1n) is 10.2. The van der Waals surface area contributed by atoms with Crippen LogP contribution in [0, 0.1) is 18.3 Å². The number of nitriles is 1. The Morgan fingerprint density at radius 3 is 2.43 bits per heavy atom. The Balaban J connectivity index is 1.67. The third-order valence-corrected chi connectivity index (χ3v) is 6.99. The zero-order chi connectivity index (χ0) is 21.7. The second-order valence-electron chi connectivity index (χ2n) is 7.75. The second-order valence-corrected chi connectivity index (χ2v) is 9.59. The van der Waals surface area contributed by atoms with Gasteiger partial charge >= 0.3 is 0 Å². The summed E-state index contributed by atoms with van der Waals surface area (Å²) >= 11 is 0. The highest BCUT2D eigenvalue weighted by molar-refractivity contribution is 7.92. The Hall–Kier alpha value is -2.85. The molecule has 0 radical (unpaired) electrons. The molecule has 2 aromatic carbocycles. The first-order chi connectivity index (χ1) is 14.3. The number of anilines is 1. The topological polar surface area (TPSA) is 90.3 Å². The Morgan fingerprint density at radius 2 is 1.83 bits per heavy atom. The molecule has 3 rings (SSSR count). The maximum absolute atomic E-state index is 13.0. The Labute approximate surface area is 178 Å². The molecule has 30 heavy (non-hydrogen) atoms. The van der Waals surface area contributed by atoms with E-state index in [4.69, 9.17) is 5.26 Å². The molecule has 7 heteroatoms. The van der Waals surface area contributed by atoms with Gasteiger partial charge in [0.15, 0.2) is 0 Å². The summed E-state index contributed by atoms with van der Waals surface area (Å²) < 4.78 is 26.8. The summed E-state index contributed by atoms with van der Waals surface area (Å²) in [6.45, 7) is 4.93. The molecule has 6 nitrogen and oxygen atoms in total. The van der Waals surface area contributed by atoms with E-state index in [1.165, 1.54) is 5.56 Å². The molecule has 158 valence electrons. The van der Waals surface area contributed by atoms with Crippen molar-refractivity contribution in [3.63, 3.8) is 0 Å². The molecule has 1 N–H and O–H groups in total. The first kappa shape index (κ1) is 21.8. The van der Waals surface area contributed by atoms with Gasteiger partial charge in [-0.05, 0) is 67.5 Å². The van der Waals surface area contributed by atoms with E-state index in [0.29, 0.717) is 42.2 Å². The van der Waals surface area contributed by atoms with Crippen molar-refractivity contribution in [1.29, 1.82) is 5.26 Å². The van der Waals surface area contributed by atoms with E-state index in [9.17, 15) is 13.2 Å². The minimum atomic E-state index is -3.41. The van der Waals surface area contributed by atoms with Crippen LogP contribution in [0.5, 0.6) is 0 Å². The maximum atomic E-state index is 13.0. The Kier molecular flexibility index (Phi) is 6.78. The normalized spacial score (nSPS) is 14.9. The molecule has 2 aromatic rings. The van der Waals surface area contributed by atoms with Crippen LogP contribution >= 0.6 is 0 Å². The summed E-state index contributed by atoms with van der Waals surface area (Å²) in [5, 5.41) is 8.94. The van der Waals surface area contributed by atoms with Crippen molar-refractivity contribution in [1.82, 2.24) is 4.90 Å². The lowest BCUT2D eigenvalue weighted by atomic mass is 9.89. The van der Waals surface area contributed by atoms with Crippen molar-refractivity contribution in [2.24, 2.45) is 0 Å². The lowest BCUT2D eigenvalue weighted by Gasteiger charge is -2.32. The summed E-state index contributed by atoms with van der Waals surface area (Å²) in [5.74, 6) is 0.341. The number of nitrogens with one attached hydrogen (secondary N) is 1. The van der Waals surface area contributed by atoms with Crippen LogP contribution in [0.15, 0.2) is 42.5 Å². The van der Waals surface area contributed by atoms with Gasteiger partial charge in [0.2, 0.25) is 10.0 Å². The number of aryl methyl sites for hydroxylation is 1. The van der Waals surface area contributed by atoms with Gasteiger partial charge in [0.05, 0.1) is 23.1 Å². The highest BCUT2D eigenvalue weighted by atomic mass is 32.2. The molecule has 1 fully saturated rings. The fraction of sp³-hybridized carbons (Fsp3) is 0.391. The van der Waals surface area contributed by atoms with Crippen LogP contribution in [0.25, 0.3) is 0 Å². The number of rotatable bonds is 6. The average molecular weight is 426 g/mol. The first-order valence-corrected chi connectivity index (χ1v) is 11.9. The number of nitrogens with zero attached hydrogens (tertiary/aromatic N) is 2. The van der Waals surface area contributed by atoms with Gasteiger partial charge in [0, 0.05) is 18.7 Å². The van der Waals surface area contributed by atoms with E-state index in [1.807, 2.05) is 43.0 Å². The lowest BCUT2D eigenvalue weighted by molar-refractivity contribution is 0.0713. The van der Waals surface area contributed by atoms with Gasteiger partial charge in [0.25, 0.3) is 5.91 Å². The smallest absolute Gasteiger partial charge is 0.253 e. The van der Waals surface area contributed by atoms with E-state index < -0.39 is 10.0 Å². The van der Waals surface area contributed by atoms with Crippen molar-refractivity contribution in [3.05, 3.63) is 64.7 Å². The molecular weight excluding hydrogens is 398 g/mol. The zero-order valence-corrected chi connectivity index (χ0v) is 18.2. The molecule has 0 saturated carbocycles. The summed E-state index contributed by atoms with van der Waals surface area (Å²) in [6, 6.07) is 15.0. The van der Waals surface area contributed by atoms with Crippen molar-refractivity contribution < 1.29 is 13.2 Å². The number of amides is 1. The molecule has 1 heterocycles. The molecule has 1 amide bonds. The molecule has 0 atom stereocenters. The van der Waals surface area contributed by atoms with Crippen molar-refractivity contribution >= 4 is 21.6 Å². The van der Waals surface area contributed by atoms with Crippen molar-refractivity contribution in [2.45, 2.75) is 39.0 Å². The number of benzene rings is 2. The summed E-state index contributed by atoms with van der Waals surface area (Å²) in [5.41, 5.74) is 3.58. The SMILES string of the molecule is CCCS(=O)(=O)Nc1cc(C(=O)N2CCC(c3ccc(C#N)cc3)CC2)ccc1C. The molecular formula is C23H27N3O3S. The third-order valence-electron chi connectivity index (χ3n) is 5.52. The minimum absolute atomic E-state index is 0.0491. The van der Waals surface area contributed by atoms with E-state index in [2.05, 4.69) is 10.8 Å². The fourth-order valence-corrected chi connectivity index (χ4v) is 4.98. The lowest BCUT2D eigenvalue weighted by Crippen LogP contribution is -2.38. The van der Waals surface area contributed by atoms with Gasteiger partial charge in [-0.15, -0.1) is 0 Å². The minimum Gasteiger partial charge on any atom is -0.339 e. The number of carbonyl (C=O) groups is 1. The van der Waals surface area contributed by atoms with Gasteiger partial charge < -0.3 is 4.90 Å². The van der Waals surface area contributed by atoms with Crippen molar-refractivity contribution in [2.75, 3.05) is 23.6 Å². The molecule has 0 spiro atoms. The number of sulfonamides is 1. The van der Waals surface area contributed by atoms with Crippen LogP contribution in [0.2, 0.25) is 0 Å². The molecule has 0 unspecified atom stereocenters. The van der Waals surface area contributed by atoms with E-state index in [1.54, 1.807) is 18.2 Å². The van der Waals surface area contributed by atoms with Gasteiger partial charge in [-0.2, -0.15) is 5.26 Å². The summed E-state index contributed by atoms with van der Waals surface area (Å²) in [6.07, 6.45) is 2.25. The average Bonchev–Trinajstić information content (AvgIpc) is 2.75. The van der Waals surface area contributed by atoms with Crippen molar-refractivity contribution in [3.8, 4) is 6.07 Å². The van der Waals surface area contributed by atoms with Crippen LogP contribution < -0.4 is 4.72 Å². The van der Waals surface area contributed by atoms with Crippen LogP contribution in [-0.2, 0) is 10.0 Å². The van der Waals surface area contributed by atoms with Gasteiger partial charge in [-0.25, -0.2) is 8.42 Å². The fourth-order valence-electron chi connectivity index (χ4n) is 3.78. The molecule has 0 bridgehead atoms. The molecule has 1 saturated heterocycles. The highest BCUT2D eigenvalue weighted by Gasteiger charge is 2.25. The molecule has 1 aliphatic heterocycles. The predicted molar refractivity (Wildman–Crippen MR) is 118 cm³/mol. The van der Waals surface area contributed by atoms with Crippen LogP contribution in [0.4, 0.5) is 5.69 Å². The zero-order valence-electron chi connectivity index (χ0n) is 17.4. The number of carbonyl (C=O) groups excluding carboxylic acids is 1. The maximum Gasteiger partial charge on any atom is 0.253 e. The van der Waals surface area contributed by atoms with Gasteiger partial charge in [-0.3, -0.25) is 9.52 Å². The summed E-state index contributed by atoms with van der Waals surface area (Å²) in [4.78, 5) is 14.8. The van der Waals surface area contributed by atoms with Gasteiger partial charge in [-0.1, -0.05) is 25.1 Å². The third kappa shape index (κ3) is 5.19. The van der Waals surface area contributed by atoms with E-state index in [-0.39, 0.29) is 11.7 Å². The quantitative estimate of drug-likeness (QED) is 0.756. The van der Waals surface area contributed by atoms with Crippen LogP contribution in [0.1, 0.15) is 59.2 Å². The van der Waals surface area contributed by atoms with Crippen LogP contribution in [0.3, 0.4) is 0 Å². The number of hydrogen-bond acceptors (Lipinski definition) is 4. The standard InChI is InChI=1S/C23H27N3O3S/c1-3-14-30(28,29)25-22-15-21(7-4-17(22)2)23(27)26-12-10-20(11-13-26)19-8-5-18(16-24)6-9-19/h4-9,15,20,25H,3,10-14H2,1-2H3. The Bertz CT molecular complexity index is 1050. The number of piperidine rings is 1. The summed E-state index contributed by atoms with van der Waals surface area (Å²) in [7, 11) is -3.41. The largest absolute Gasteiger partial charge is 0.339 e. The van der Waals surface area contributed by atoms with Crippen LogP contribution in [-0.4, -0.2) is 38.1 Å². The van der Waals surface area contributed by atoms with E-state index >= 15 is 0 Å². The number of likely N-dealkylation sites (tertiary alicyclic amines) is 1. The highest BCUT2D eigenvalue weighted by Crippen LogP contribution is 2.29. The molecule has 0 aromatic heterocycles. The predicted octanol–water partition coefficient (Wildman–Crippen LogP) is 4.04. The van der Waals surface area contributed by atoms with Gasteiger partial charge in [0.1, 0.15) is 0 Å². The molecule has 0 aliphatic carbocycles. The second kappa shape index (κ2) is 9.31.